The van der Waals surface area contributed by atoms with Gasteiger partial charge in [0.25, 0.3) is 0 Å². The third kappa shape index (κ3) is 9.19. The van der Waals surface area contributed by atoms with Crippen molar-refractivity contribution >= 4 is 29.9 Å². The van der Waals surface area contributed by atoms with Gasteiger partial charge in [0.2, 0.25) is 18.2 Å². The first-order valence-corrected chi connectivity index (χ1v) is 13.8. The fourth-order valence-corrected chi connectivity index (χ4v) is 5.40. The van der Waals surface area contributed by atoms with E-state index >= 15 is 0 Å². The van der Waals surface area contributed by atoms with Crippen molar-refractivity contribution in [2.45, 2.75) is 77.8 Å². The number of carbonyl (C=O) groups is 4. The summed E-state index contributed by atoms with van der Waals surface area (Å²) in [5.74, 6) is -1.18. The van der Waals surface area contributed by atoms with Crippen molar-refractivity contribution in [3.63, 3.8) is 0 Å². The number of hydroxylamine groups is 2. The molecule has 1 saturated heterocycles. The average Bonchev–Trinajstić information content (AvgIpc) is 3.40. The summed E-state index contributed by atoms with van der Waals surface area (Å²) in [7, 11) is 0. The van der Waals surface area contributed by atoms with Gasteiger partial charge in [0.15, 0.2) is 0 Å². The smallest absolute Gasteiger partial charge is 0.319 e. The van der Waals surface area contributed by atoms with Crippen LogP contribution in [0, 0.1) is 23.1 Å². The molecule has 2 fully saturated rings. The predicted molar refractivity (Wildman–Crippen MR) is 144 cm³/mol. The zero-order valence-electron chi connectivity index (χ0n) is 23.1. The minimum Gasteiger partial charge on any atom is -0.344 e. The highest BCUT2D eigenvalue weighted by Crippen LogP contribution is 2.31. The number of anilines is 1. The Morgan fingerprint density at radius 3 is 2.28 bits per heavy atom. The monoisotopic (exact) mass is 547 g/mol. The summed E-state index contributed by atoms with van der Waals surface area (Å²) < 4.78 is 13.1. The van der Waals surface area contributed by atoms with E-state index in [1.807, 2.05) is 20.8 Å². The van der Waals surface area contributed by atoms with Gasteiger partial charge in [0, 0.05) is 24.8 Å². The van der Waals surface area contributed by atoms with Crippen molar-refractivity contribution < 1.29 is 28.8 Å². The minimum absolute atomic E-state index is 0.117. The summed E-state index contributed by atoms with van der Waals surface area (Å²) in [6, 6.07) is 4.18. The van der Waals surface area contributed by atoms with Gasteiger partial charge in [-0.2, -0.15) is 0 Å². The van der Waals surface area contributed by atoms with Gasteiger partial charge >= 0.3 is 6.03 Å². The molecule has 1 aliphatic carbocycles. The van der Waals surface area contributed by atoms with Gasteiger partial charge in [-0.1, -0.05) is 46.5 Å². The van der Waals surface area contributed by atoms with Gasteiger partial charge in [-0.3, -0.25) is 19.6 Å². The molecule has 1 heterocycles. The lowest BCUT2D eigenvalue weighted by molar-refractivity contribution is -0.156. The Kier molecular flexibility index (Phi) is 10.7. The number of halogens is 1. The Bertz CT molecular complexity index is 985. The number of amides is 5. The van der Waals surface area contributed by atoms with Crippen LogP contribution in [0.2, 0.25) is 0 Å². The molecule has 1 aromatic carbocycles. The van der Waals surface area contributed by atoms with Crippen molar-refractivity contribution in [1.82, 2.24) is 20.6 Å². The number of hydrogen-bond acceptors (Lipinski definition) is 5. The van der Waals surface area contributed by atoms with E-state index in [0.29, 0.717) is 55.4 Å². The van der Waals surface area contributed by atoms with E-state index in [9.17, 15) is 28.8 Å². The molecule has 1 aromatic rings. The third-order valence-electron chi connectivity index (χ3n) is 7.64. The Hall–Kier alpha value is -3.21. The molecule has 0 unspecified atom stereocenters. The van der Waals surface area contributed by atoms with E-state index < -0.39 is 23.4 Å². The number of nitrogens with zero attached hydrogens (tertiary/aromatic N) is 2. The van der Waals surface area contributed by atoms with E-state index in [-0.39, 0.29) is 30.2 Å². The van der Waals surface area contributed by atoms with Crippen molar-refractivity contribution in [1.29, 1.82) is 0 Å². The molecule has 11 heteroatoms. The van der Waals surface area contributed by atoms with Crippen molar-refractivity contribution in [2.24, 2.45) is 17.3 Å². The van der Waals surface area contributed by atoms with E-state index in [4.69, 9.17) is 0 Å². The highest BCUT2D eigenvalue weighted by molar-refractivity contribution is 5.90. The first-order chi connectivity index (χ1) is 18.5. The molecule has 216 valence electrons. The van der Waals surface area contributed by atoms with Crippen molar-refractivity contribution in [3.8, 4) is 0 Å². The minimum atomic E-state index is -0.786. The second-order valence-electron chi connectivity index (χ2n) is 11.8. The second-order valence-corrected chi connectivity index (χ2v) is 11.8. The van der Waals surface area contributed by atoms with Gasteiger partial charge < -0.3 is 20.9 Å². The van der Waals surface area contributed by atoms with E-state index in [1.54, 1.807) is 4.90 Å². The van der Waals surface area contributed by atoms with Crippen LogP contribution in [0.25, 0.3) is 0 Å². The van der Waals surface area contributed by atoms with Crippen LogP contribution in [0.15, 0.2) is 24.3 Å². The molecular formula is C28H42FN5O5. The number of hydrogen-bond donors (Lipinski definition) is 4. The van der Waals surface area contributed by atoms with Gasteiger partial charge in [-0.25, -0.2) is 14.2 Å². The van der Waals surface area contributed by atoms with Crippen LogP contribution in [-0.2, 0) is 14.4 Å². The predicted octanol–water partition coefficient (Wildman–Crippen LogP) is 3.51. The van der Waals surface area contributed by atoms with Gasteiger partial charge in [0.1, 0.15) is 11.9 Å². The molecular weight excluding hydrogens is 505 g/mol. The third-order valence-corrected chi connectivity index (χ3v) is 7.64. The van der Waals surface area contributed by atoms with Gasteiger partial charge in [-0.05, 0) is 54.9 Å². The number of carbonyl (C=O) groups excluding carboxylic acids is 4. The van der Waals surface area contributed by atoms with E-state index in [2.05, 4.69) is 16.0 Å². The summed E-state index contributed by atoms with van der Waals surface area (Å²) in [6.45, 7) is 6.39. The molecule has 0 radical (unpaired) electrons. The topological polar surface area (TPSA) is 131 Å². The Balaban J connectivity index is 1.57. The lowest BCUT2D eigenvalue weighted by Crippen LogP contribution is -2.58. The molecule has 0 aromatic heterocycles. The maximum Gasteiger partial charge on any atom is 0.319 e. The maximum absolute atomic E-state index is 13.6. The molecule has 2 atom stereocenters. The first kappa shape index (κ1) is 30.3. The molecule has 3 rings (SSSR count). The molecule has 39 heavy (non-hydrogen) atoms. The molecule has 1 aliphatic heterocycles. The van der Waals surface area contributed by atoms with Gasteiger partial charge in [0.05, 0.1) is 12.5 Å². The SMILES string of the molecule is CC(C)(C)[C@H](NC(=O)[C@H](CC1CCCC1)CN(O)C=O)C(=O)N1CCC(NC(=O)Nc2ccc(F)cc2)CC1. The van der Waals surface area contributed by atoms with Crippen molar-refractivity contribution in [3.05, 3.63) is 30.1 Å². The largest absolute Gasteiger partial charge is 0.344 e. The van der Waals surface area contributed by atoms with Gasteiger partial charge in [-0.15, -0.1) is 0 Å². The molecule has 1 saturated carbocycles. The normalized spacial score (nSPS) is 18.2. The lowest BCUT2D eigenvalue weighted by atomic mass is 9.84. The van der Waals surface area contributed by atoms with Crippen LogP contribution in [0.1, 0.15) is 65.7 Å². The highest BCUT2D eigenvalue weighted by Gasteiger charge is 2.39. The molecule has 0 spiro atoms. The van der Waals surface area contributed by atoms with E-state index in [1.165, 1.54) is 24.3 Å². The number of likely N-dealkylation sites (tertiary alicyclic amines) is 1. The summed E-state index contributed by atoms with van der Waals surface area (Å²) in [5, 5.41) is 18.8. The zero-order chi connectivity index (χ0) is 28.6. The highest BCUT2D eigenvalue weighted by atomic mass is 19.1. The maximum atomic E-state index is 13.6. The number of nitrogens with one attached hydrogen (secondary N) is 3. The molecule has 2 aliphatic rings. The standard InChI is InChI=1S/C28H42FN5O5/c1-28(2,3)24(32-25(36)20(17-34(39)18-35)16-19-6-4-5-7-19)26(37)33-14-12-23(13-15-33)31-27(38)30-22-10-8-21(29)9-11-22/h8-11,18-20,23-24,39H,4-7,12-17H2,1-3H3,(H,32,36)(H2,30,31,38)/t20-,24-/m1/s1. The summed E-state index contributed by atoms with van der Waals surface area (Å²) in [5.41, 5.74) is -0.0905. The number of rotatable bonds is 10. The first-order valence-electron chi connectivity index (χ1n) is 13.8. The summed E-state index contributed by atoms with van der Waals surface area (Å²) in [6.07, 6.45) is 6.20. The molecule has 10 nitrogen and oxygen atoms in total. The summed E-state index contributed by atoms with van der Waals surface area (Å²) >= 11 is 0. The quantitative estimate of drug-likeness (QED) is 0.202. The number of urea groups is 1. The van der Waals surface area contributed by atoms with Crippen LogP contribution in [0.5, 0.6) is 0 Å². The fraction of sp³-hybridized carbons (Fsp3) is 0.643. The van der Waals surface area contributed by atoms with Crippen LogP contribution in [0.4, 0.5) is 14.9 Å². The zero-order valence-corrected chi connectivity index (χ0v) is 23.1. The number of piperidine rings is 1. The Morgan fingerprint density at radius 2 is 1.72 bits per heavy atom. The summed E-state index contributed by atoms with van der Waals surface area (Å²) in [4.78, 5) is 52.0. The molecule has 4 N–H and O–H groups in total. The van der Waals surface area contributed by atoms with Crippen LogP contribution in [-0.4, -0.2) is 71.1 Å². The lowest BCUT2D eigenvalue weighted by Gasteiger charge is -2.39. The Labute approximate surface area is 229 Å². The average molecular weight is 548 g/mol. The fourth-order valence-electron chi connectivity index (χ4n) is 5.40. The number of benzene rings is 1. The Morgan fingerprint density at radius 1 is 1.10 bits per heavy atom. The second kappa shape index (κ2) is 13.7. The van der Waals surface area contributed by atoms with Crippen molar-refractivity contribution in [2.75, 3.05) is 25.0 Å². The van der Waals surface area contributed by atoms with Crippen LogP contribution in [0.3, 0.4) is 0 Å². The molecule has 5 amide bonds. The van der Waals surface area contributed by atoms with Crippen LogP contribution < -0.4 is 16.0 Å². The van der Waals surface area contributed by atoms with E-state index in [0.717, 1.165) is 25.7 Å². The van der Waals surface area contributed by atoms with Crippen LogP contribution >= 0.6 is 0 Å². The molecule has 0 bridgehead atoms.